The fourth-order valence-electron chi connectivity index (χ4n) is 3.86. The van der Waals surface area contributed by atoms with Gasteiger partial charge >= 0.3 is 0 Å². The second kappa shape index (κ2) is 7.91. The van der Waals surface area contributed by atoms with Crippen LogP contribution in [0.15, 0.2) is 59.5 Å². The van der Waals surface area contributed by atoms with Gasteiger partial charge in [0.15, 0.2) is 5.78 Å². The van der Waals surface area contributed by atoms with Crippen LogP contribution in [-0.4, -0.2) is 33.9 Å². The fourth-order valence-corrected chi connectivity index (χ4v) is 4.26. The maximum absolute atomic E-state index is 13.2. The standard InChI is InChI=1S/C24H21Cl2N3O2/c1-27(2)11-10-21(30)14-8-9-20-16(12-14)17-13-18(15-6-5-7-19(25)22(15)26)24(31)29(4)23(17)28(20)3/h5-13H,1-4H3. The van der Waals surface area contributed by atoms with Gasteiger partial charge in [0.1, 0.15) is 5.65 Å². The molecule has 0 amide bonds. The summed E-state index contributed by atoms with van der Waals surface area (Å²) >= 11 is 12.6. The Kier molecular flexibility index (Phi) is 5.42. The van der Waals surface area contributed by atoms with Crippen molar-refractivity contribution in [1.82, 2.24) is 14.0 Å². The highest BCUT2D eigenvalue weighted by Gasteiger charge is 2.18. The van der Waals surface area contributed by atoms with Crippen LogP contribution >= 0.6 is 23.2 Å². The van der Waals surface area contributed by atoms with E-state index in [1.54, 1.807) is 48.2 Å². The van der Waals surface area contributed by atoms with Crippen LogP contribution in [0.25, 0.3) is 33.1 Å². The number of hydrogen-bond acceptors (Lipinski definition) is 3. The lowest BCUT2D eigenvalue weighted by molar-refractivity contribution is 0.104. The summed E-state index contributed by atoms with van der Waals surface area (Å²) in [5.41, 5.74) is 3.12. The molecule has 0 unspecified atom stereocenters. The predicted molar refractivity (Wildman–Crippen MR) is 128 cm³/mol. The van der Waals surface area contributed by atoms with E-state index in [4.69, 9.17) is 23.2 Å². The van der Waals surface area contributed by atoms with E-state index in [0.29, 0.717) is 26.7 Å². The molecule has 4 aromatic rings. The van der Waals surface area contributed by atoms with E-state index in [2.05, 4.69) is 0 Å². The van der Waals surface area contributed by atoms with Gasteiger partial charge in [0.2, 0.25) is 0 Å². The lowest BCUT2D eigenvalue weighted by atomic mass is 10.0. The third-order valence-corrected chi connectivity index (χ3v) is 6.22. The summed E-state index contributed by atoms with van der Waals surface area (Å²) in [4.78, 5) is 27.6. The summed E-state index contributed by atoms with van der Waals surface area (Å²) in [7, 11) is 7.36. The minimum absolute atomic E-state index is 0.0875. The van der Waals surface area contributed by atoms with E-state index in [1.807, 2.05) is 48.8 Å². The van der Waals surface area contributed by atoms with Crippen LogP contribution < -0.4 is 5.56 Å². The van der Waals surface area contributed by atoms with E-state index in [0.717, 1.165) is 21.9 Å². The Balaban J connectivity index is 2.02. The molecule has 0 aliphatic carbocycles. The molecule has 0 spiro atoms. The molecule has 0 aliphatic rings. The molecular formula is C24H21Cl2N3O2. The zero-order chi connectivity index (χ0) is 22.4. The Morgan fingerprint density at radius 3 is 2.42 bits per heavy atom. The van der Waals surface area contributed by atoms with Crippen molar-refractivity contribution in [3.63, 3.8) is 0 Å². The molecule has 0 aliphatic heterocycles. The van der Waals surface area contributed by atoms with Crippen LogP contribution in [0.3, 0.4) is 0 Å². The number of carbonyl (C=O) groups excluding carboxylic acids is 1. The van der Waals surface area contributed by atoms with E-state index in [9.17, 15) is 9.59 Å². The molecule has 0 saturated carbocycles. The largest absolute Gasteiger partial charge is 0.383 e. The van der Waals surface area contributed by atoms with Crippen LogP contribution in [0.1, 0.15) is 10.4 Å². The summed E-state index contributed by atoms with van der Waals surface area (Å²) < 4.78 is 3.56. The highest BCUT2D eigenvalue weighted by molar-refractivity contribution is 6.43. The third kappa shape index (κ3) is 3.54. The quantitative estimate of drug-likeness (QED) is 0.312. The molecule has 4 rings (SSSR count). The van der Waals surface area contributed by atoms with Crippen LogP contribution in [0.2, 0.25) is 10.0 Å². The minimum atomic E-state index is -0.173. The zero-order valence-electron chi connectivity index (χ0n) is 17.6. The first-order valence-electron chi connectivity index (χ1n) is 9.66. The van der Waals surface area contributed by atoms with E-state index in [1.165, 1.54) is 0 Å². The summed E-state index contributed by atoms with van der Waals surface area (Å²) in [6.07, 6.45) is 3.26. The number of hydrogen-bond donors (Lipinski definition) is 0. The molecule has 0 radical (unpaired) electrons. The molecule has 0 atom stereocenters. The van der Waals surface area contributed by atoms with Crippen molar-refractivity contribution in [3.05, 3.63) is 80.7 Å². The first-order valence-corrected chi connectivity index (χ1v) is 10.4. The summed E-state index contributed by atoms with van der Waals surface area (Å²) in [6.45, 7) is 0. The fraction of sp³-hybridized carbons (Fsp3) is 0.167. The Labute approximate surface area is 189 Å². The summed E-state index contributed by atoms with van der Waals surface area (Å²) in [5.74, 6) is -0.0875. The number of rotatable bonds is 4. The second-order valence-electron chi connectivity index (χ2n) is 7.70. The van der Waals surface area contributed by atoms with Crippen molar-refractivity contribution < 1.29 is 4.79 Å². The van der Waals surface area contributed by atoms with E-state index >= 15 is 0 Å². The summed E-state index contributed by atoms with van der Waals surface area (Å²) in [5, 5.41) is 2.47. The van der Waals surface area contributed by atoms with Gasteiger partial charge in [-0.05, 0) is 30.3 Å². The number of benzene rings is 2. The number of pyridine rings is 1. The smallest absolute Gasteiger partial charge is 0.259 e. The third-order valence-electron chi connectivity index (χ3n) is 5.40. The number of carbonyl (C=O) groups is 1. The Bertz CT molecular complexity index is 1450. The van der Waals surface area contributed by atoms with Crippen molar-refractivity contribution in [2.45, 2.75) is 0 Å². The zero-order valence-corrected chi connectivity index (χ0v) is 19.1. The number of fused-ring (bicyclic) bond motifs is 3. The van der Waals surface area contributed by atoms with Crippen molar-refractivity contribution >= 4 is 50.9 Å². The van der Waals surface area contributed by atoms with Gasteiger partial charge in [-0.1, -0.05) is 35.3 Å². The van der Waals surface area contributed by atoms with Crippen molar-refractivity contribution in [1.29, 1.82) is 0 Å². The predicted octanol–water partition coefficient (Wildman–Crippen LogP) is 5.26. The van der Waals surface area contributed by atoms with Gasteiger partial charge < -0.3 is 9.47 Å². The second-order valence-corrected chi connectivity index (χ2v) is 8.48. The normalized spacial score (nSPS) is 11.7. The number of ketones is 1. The van der Waals surface area contributed by atoms with E-state index in [-0.39, 0.29) is 11.3 Å². The number of aryl methyl sites for hydroxylation is 2. The number of halogens is 2. The minimum Gasteiger partial charge on any atom is -0.383 e. The Morgan fingerprint density at radius 1 is 0.968 bits per heavy atom. The molecule has 5 nitrogen and oxygen atoms in total. The first kappa shape index (κ1) is 21.2. The van der Waals surface area contributed by atoms with Crippen LogP contribution in [0.4, 0.5) is 0 Å². The highest BCUT2D eigenvalue weighted by atomic mass is 35.5. The van der Waals surface area contributed by atoms with Gasteiger partial charge in [-0.15, -0.1) is 0 Å². The van der Waals surface area contributed by atoms with Crippen molar-refractivity contribution in [2.24, 2.45) is 14.1 Å². The number of nitrogens with zero attached hydrogens (tertiary/aromatic N) is 3. The maximum atomic E-state index is 13.2. The lowest BCUT2D eigenvalue weighted by Crippen LogP contribution is -2.20. The molecule has 0 fully saturated rings. The highest BCUT2D eigenvalue weighted by Crippen LogP contribution is 2.35. The molecule has 0 N–H and O–H groups in total. The van der Waals surface area contributed by atoms with Gasteiger partial charge in [0.05, 0.1) is 15.6 Å². The van der Waals surface area contributed by atoms with Gasteiger partial charge in [0, 0.05) is 67.9 Å². The lowest BCUT2D eigenvalue weighted by Gasteiger charge is -2.10. The number of aromatic nitrogens is 2. The van der Waals surface area contributed by atoms with Gasteiger partial charge in [-0.3, -0.25) is 14.2 Å². The number of allylic oxidation sites excluding steroid dienone is 1. The van der Waals surface area contributed by atoms with Crippen LogP contribution in [-0.2, 0) is 14.1 Å². The maximum Gasteiger partial charge on any atom is 0.259 e. The van der Waals surface area contributed by atoms with Crippen molar-refractivity contribution in [3.8, 4) is 11.1 Å². The molecule has 2 aromatic heterocycles. The van der Waals surface area contributed by atoms with Gasteiger partial charge in [0.25, 0.3) is 5.56 Å². The molecule has 0 bridgehead atoms. The van der Waals surface area contributed by atoms with Crippen LogP contribution in [0, 0.1) is 0 Å². The molecule has 7 heteroatoms. The molecule has 0 saturated heterocycles. The summed E-state index contributed by atoms with van der Waals surface area (Å²) in [6, 6.07) is 12.6. The van der Waals surface area contributed by atoms with Gasteiger partial charge in [-0.25, -0.2) is 0 Å². The molecule has 2 aromatic carbocycles. The Hall–Kier alpha value is -3.02. The monoisotopic (exact) mass is 453 g/mol. The first-order chi connectivity index (χ1) is 14.7. The average Bonchev–Trinajstić information content (AvgIpc) is 3.02. The van der Waals surface area contributed by atoms with Crippen LogP contribution in [0.5, 0.6) is 0 Å². The molecule has 31 heavy (non-hydrogen) atoms. The topological polar surface area (TPSA) is 47.2 Å². The molecular weight excluding hydrogens is 433 g/mol. The van der Waals surface area contributed by atoms with Gasteiger partial charge in [-0.2, -0.15) is 0 Å². The van der Waals surface area contributed by atoms with Crippen molar-refractivity contribution in [2.75, 3.05) is 14.1 Å². The molecule has 158 valence electrons. The SMILES string of the molecule is CN(C)C=CC(=O)c1ccc2c(c1)c1cc(-c3cccc(Cl)c3Cl)c(=O)n(C)c1n2C. The van der Waals surface area contributed by atoms with E-state index < -0.39 is 0 Å². The molecule has 2 heterocycles. The average molecular weight is 454 g/mol. The Morgan fingerprint density at radius 2 is 1.71 bits per heavy atom.